The van der Waals surface area contributed by atoms with Crippen LogP contribution in [0.4, 0.5) is 0 Å². The van der Waals surface area contributed by atoms with Crippen molar-refractivity contribution in [2.45, 2.75) is 69.2 Å². The molecule has 0 spiro atoms. The fourth-order valence-corrected chi connectivity index (χ4v) is 0.875. The van der Waals surface area contributed by atoms with Crippen LogP contribution in [0.5, 0.6) is 0 Å². The molecule has 0 radical (unpaired) electrons. The highest BCUT2D eigenvalue weighted by atomic mass is 15.1. The number of hydrogen-bond donors (Lipinski definition) is 0. The van der Waals surface area contributed by atoms with E-state index in [0.29, 0.717) is 0 Å². The maximum atomic E-state index is 2.36. The molecule has 0 saturated carbocycles. The molecule has 1 saturated heterocycles. The normalized spacial score (nSPS) is 12.2. The molecule has 1 heteroatoms. The van der Waals surface area contributed by atoms with E-state index in [0.717, 1.165) is 0 Å². The molecule has 1 aliphatic heterocycles. The lowest BCUT2D eigenvalue weighted by atomic mass is 10.4. The largest absolute Gasteiger partial charge is 0.306 e. The van der Waals surface area contributed by atoms with Crippen LogP contribution in [-0.4, -0.2) is 25.0 Å². The Labute approximate surface area is 94.9 Å². The summed E-state index contributed by atoms with van der Waals surface area (Å²) in [6, 6.07) is 0. The van der Waals surface area contributed by atoms with Gasteiger partial charge in [-0.2, -0.15) is 0 Å². The molecule has 0 bridgehead atoms. The first-order valence-electron chi connectivity index (χ1n) is 5.58. The molecule has 1 aliphatic rings. The highest BCUT2D eigenvalue weighted by Gasteiger charge is 2.03. The monoisotopic (exact) mass is 207 g/mol. The summed E-state index contributed by atoms with van der Waals surface area (Å²) in [7, 11) is 2.17. The highest BCUT2D eigenvalue weighted by molar-refractivity contribution is 4.59. The third kappa shape index (κ3) is 29.7. The Morgan fingerprint density at radius 2 is 0.857 bits per heavy atom. The van der Waals surface area contributed by atoms with E-state index < -0.39 is 0 Å². The zero-order valence-electron chi connectivity index (χ0n) is 10.3. The smallest absolute Gasteiger partial charge is 0.00213 e. The summed E-state index contributed by atoms with van der Waals surface area (Å²) in [6.07, 6.45) is 2.83. The van der Waals surface area contributed by atoms with E-state index in [-0.39, 0.29) is 14.9 Å². The predicted molar refractivity (Wildman–Crippen MR) is 74.2 cm³/mol. The first-order valence-corrected chi connectivity index (χ1v) is 5.58. The van der Waals surface area contributed by atoms with Crippen molar-refractivity contribution in [3.05, 3.63) is 0 Å². The molecular weight excluding hydrogens is 170 g/mol. The van der Waals surface area contributed by atoms with Gasteiger partial charge in [0.05, 0.1) is 0 Å². The number of likely N-dealkylation sites (tertiary alicyclic amines) is 1. The highest BCUT2D eigenvalue weighted by Crippen LogP contribution is 2.01. The van der Waals surface area contributed by atoms with Gasteiger partial charge in [0.1, 0.15) is 0 Å². The van der Waals surface area contributed by atoms with Crippen molar-refractivity contribution in [2.75, 3.05) is 20.1 Å². The van der Waals surface area contributed by atoms with Gasteiger partial charge in [0.25, 0.3) is 0 Å². The Bertz CT molecular complexity index is 38.5. The molecule has 1 fully saturated rings. The van der Waals surface area contributed by atoms with Crippen LogP contribution in [-0.2, 0) is 0 Å². The minimum absolute atomic E-state index is 0. The molecule has 0 aromatic carbocycles. The van der Waals surface area contributed by atoms with E-state index in [1.165, 1.54) is 25.9 Å². The second kappa shape index (κ2) is 38.3. The van der Waals surface area contributed by atoms with Gasteiger partial charge in [-0.1, -0.05) is 56.4 Å². The topological polar surface area (TPSA) is 3.24 Å². The minimum atomic E-state index is 0. The van der Waals surface area contributed by atoms with Gasteiger partial charge in [0.15, 0.2) is 0 Å². The second-order valence-corrected chi connectivity index (χ2v) is 2.01. The molecule has 1 nitrogen and oxygen atoms in total. The summed E-state index contributed by atoms with van der Waals surface area (Å²) in [5.41, 5.74) is 0. The van der Waals surface area contributed by atoms with Crippen molar-refractivity contribution >= 4 is 0 Å². The molecule has 0 aliphatic carbocycles. The minimum Gasteiger partial charge on any atom is -0.306 e. The summed E-state index contributed by atoms with van der Waals surface area (Å²) in [5.74, 6) is 0. The van der Waals surface area contributed by atoms with E-state index in [9.17, 15) is 0 Å². The molecule has 1 rings (SSSR count). The Balaban J connectivity index is -0.0000000300. The molecule has 94 valence electrons. The summed E-state index contributed by atoms with van der Waals surface area (Å²) in [6.45, 7) is 14.6. The predicted octanol–water partition coefficient (Wildman–Crippen LogP) is 5.06. The SMILES string of the molecule is C.C.CC.CC.CC.CN1CCCC1. The lowest BCUT2D eigenvalue weighted by Gasteiger charge is -2.01. The molecule has 0 N–H and O–H groups in total. The fourth-order valence-electron chi connectivity index (χ4n) is 0.875. The third-order valence-corrected chi connectivity index (χ3v) is 1.33. The molecule has 0 aromatic rings. The Morgan fingerprint density at radius 1 is 0.643 bits per heavy atom. The van der Waals surface area contributed by atoms with Gasteiger partial charge in [0.2, 0.25) is 0 Å². The van der Waals surface area contributed by atoms with Crippen LogP contribution in [0.1, 0.15) is 69.2 Å². The van der Waals surface area contributed by atoms with Crippen LogP contribution in [0.25, 0.3) is 0 Å². The van der Waals surface area contributed by atoms with Gasteiger partial charge in [-0.25, -0.2) is 0 Å². The zero-order chi connectivity index (χ0) is 10.4. The standard InChI is InChI=1S/C5H11N.3C2H6.2CH4/c1-6-4-2-3-5-6;3*1-2;;/h2-5H2,1H3;3*1-2H3;2*1H4. The summed E-state index contributed by atoms with van der Waals surface area (Å²) < 4.78 is 0. The van der Waals surface area contributed by atoms with Gasteiger partial charge < -0.3 is 4.90 Å². The Hall–Kier alpha value is -0.0400. The average molecular weight is 207 g/mol. The second-order valence-electron chi connectivity index (χ2n) is 2.01. The summed E-state index contributed by atoms with van der Waals surface area (Å²) in [4.78, 5) is 2.36. The van der Waals surface area contributed by atoms with Gasteiger partial charge in [0, 0.05) is 0 Å². The van der Waals surface area contributed by atoms with Crippen LogP contribution >= 0.6 is 0 Å². The van der Waals surface area contributed by atoms with E-state index >= 15 is 0 Å². The number of hydrogen-bond acceptors (Lipinski definition) is 1. The quantitative estimate of drug-likeness (QED) is 0.536. The molecule has 14 heavy (non-hydrogen) atoms. The molecule has 0 unspecified atom stereocenters. The first-order chi connectivity index (χ1) is 5.89. The van der Waals surface area contributed by atoms with Crippen molar-refractivity contribution in [3.63, 3.8) is 0 Å². The number of nitrogens with zero attached hydrogens (tertiary/aromatic N) is 1. The lowest BCUT2D eigenvalue weighted by Crippen LogP contribution is -2.10. The summed E-state index contributed by atoms with van der Waals surface area (Å²) in [5, 5.41) is 0. The van der Waals surface area contributed by atoms with Gasteiger partial charge in [-0.05, 0) is 33.0 Å². The average Bonchev–Trinajstić information content (AvgIpc) is 2.66. The van der Waals surface area contributed by atoms with E-state index in [1.807, 2.05) is 41.5 Å². The molecule has 0 atom stereocenters. The first kappa shape index (κ1) is 29.2. The van der Waals surface area contributed by atoms with Crippen molar-refractivity contribution in [1.82, 2.24) is 4.90 Å². The van der Waals surface area contributed by atoms with Crippen LogP contribution in [0.15, 0.2) is 0 Å². The number of rotatable bonds is 0. The van der Waals surface area contributed by atoms with Crippen molar-refractivity contribution in [2.24, 2.45) is 0 Å². The molecule has 0 amide bonds. The maximum absolute atomic E-state index is 2.36. The molecular formula is C13H37N. The van der Waals surface area contributed by atoms with E-state index in [2.05, 4.69) is 11.9 Å². The molecule has 1 heterocycles. The van der Waals surface area contributed by atoms with E-state index in [1.54, 1.807) is 0 Å². The van der Waals surface area contributed by atoms with E-state index in [4.69, 9.17) is 0 Å². The lowest BCUT2D eigenvalue weighted by molar-refractivity contribution is 0.418. The Kier molecular flexibility index (Phi) is 79.8. The van der Waals surface area contributed by atoms with Crippen molar-refractivity contribution < 1.29 is 0 Å². The maximum Gasteiger partial charge on any atom is -0.00213 e. The van der Waals surface area contributed by atoms with Crippen LogP contribution < -0.4 is 0 Å². The Morgan fingerprint density at radius 3 is 0.929 bits per heavy atom. The van der Waals surface area contributed by atoms with Gasteiger partial charge >= 0.3 is 0 Å². The fraction of sp³-hybridized carbons (Fsp3) is 1.00. The zero-order valence-corrected chi connectivity index (χ0v) is 10.3. The van der Waals surface area contributed by atoms with Crippen LogP contribution in [0.3, 0.4) is 0 Å². The third-order valence-electron chi connectivity index (χ3n) is 1.33. The van der Waals surface area contributed by atoms with Gasteiger partial charge in [-0.3, -0.25) is 0 Å². The molecule has 0 aromatic heterocycles. The van der Waals surface area contributed by atoms with Crippen molar-refractivity contribution in [3.8, 4) is 0 Å². The van der Waals surface area contributed by atoms with Crippen LogP contribution in [0.2, 0.25) is 0 Å². The summed E-state index contributed by atoms with van der Waals surface area (Å²) >= 11 is 0. The van der Waals surface area contributed by atoms with Crippen LogP contribution in [0, 0.1) is 0 Å². The van der Waals surface area contributed by atoms with Crippen molar-refractivity contribution in [1.29, 1.82) is 0 Å². The van der Waals surface area contributed by atoms with Gasteiger partial charge in [-0.15, -0.1) is 0 Å².